The van der Waals surface area contributed by atoms with Crippen LogP contribution in [0.25, 0.3) is 0 Å². The molecule has 2 rings (SSSR count). The predicted molar refractivity (Wildman–Crippen MR) is 63.9 cm³/mol. The highest BCUT2D eigenvalue weighted by Gasteiger charge is 2.21. The number of ether oxygens (including phenoxy) is 1. The number of aryl methyl sites for hydroxylation is 1. The van der Waals surface area contributed by atoms with Gasteiger partial charge in [-0.15, -0.1) is 0 Å². The van der Waals surface area contributed by atoms with E-state index < -0.39 is 0 Å². The highest BCUT2D eigenvalue weighted by atomic mass is 16.5. The van der Waals surface area contributed by atoms with Crippen LogP contribution in [-0.2, 0) is 22.4 Å². The third-order valence-corrected chi connectivity index (χ3v) is 3.06. The molecule has 0 aromatic carbocycles. The number of hydrogen-bond donors (Lipinski definition) is 1. The summed E-state index contributed by atoms with van der Waals surface area (Å²) in [5.74, 6) is 1.49. The van der Waals surface area contributed by atoms with E-state index in [9.17, 15) is 4.79 Å². The molecule has 1 aromatic heterocycles. The molecule has 6 nitrogen and oxygen atoms in total. The van der Waals surface area contributed by atoms with Gasteiger partial charge in [-0.1, -0.05) is 12.1 Å². The molecule has 0 saturated carbocycles. The van der Waals surface area contributed by atoms with Gasteiger partial charge in [-0.2, -0.15) is 4.98 Å². The van der Waals surface area contributed by atoms with Crippen molar-refractivity contribution in [2.45, 2.75) is 32.6 Å². The molecule has 1 aliphatic heterocycles. The number of carbonyl (C=O) groups is 1. The van der Waals surface area contributed by atoms with Crippen LogP contribution in [0, 0.1) is 5.92 Å². The van der Waals surface area contributed by atoms with Crippen LogP contribution in [0.1, 0.15) is 31.5 Å². The van der Waals surface area contributed by atoms with Gasteiger partial charge in [-0.3, -0.25) is 4.79 Å². The van der Waals surface area contributed by atoms with E-state index in [0.29, 0.717) is 37.9 Å². The van der Waals surface area contributed by atoms with Crippen LogP contribution in [-0.4, -0.2) is 35.8 Å². The maximum Gasteiger partial charge on any atom is 0.228 e. The van der Waals surface area contributed by atoms with Gasteiger partial charge in [0.05, 0.1) is 0 Å². The van der Waals surface area contributed by atoms with Gasteiger partial charge in [0.15, 0.2) is 5.82 Å². The Balaban J connectivity index is 1.69. The van der Waals surface area contributed by atoms with Crippen LogP contribution in [0.2, 0.25) is 0 Å². The number of hydrogen-bond acceptors (Lipinski definition) is 5. The van der Waals surface area contributed by atoms with Crippen LogP contribution in [0.3, 0.4) is 0 Å². The van der Waals surface area contributed by atoms with E-state index in [-0.39, 0.29) is 11.8 Å². The Morgan fingerprint density at radius 3 is 2.89 bits per heavy atom. The van der Waals surface area contributed by atoms with E-state index in [2.05, 4.69) is 15.5 Å². The minimum absolute atomic E-state index is 0.0904. The average molecular weight is 253 g/mol. The van der Waals surface area contributed by atoms with Crippen molar-refractivity contribution in [2.75, 3.05) is 19.8 Å². The lowest BCUT2D eigenvalue weighted by Gasteiger charge is -2.20. The topological polar surface area (TPSA) is 77.2 Å². The van der Waals surface area contributed by atoms with Gasteiger partial charge >= 0.3 is 0 Å². The van der Waals surface area contributed by atoms with Gasteiger partial charge in [-0.25, -0.2) is 0 Å². The van der Waals surface area contributed by atoms with Gasteiger partial charge < -0.3 is 14.6 Å². The van der Waals surface area contributed by atoms with Gasteiger partial charge in [-0.05, 0) is 12.8 Å². The van der Waals surface area contributed by atoms with Gasteiger partial charge in [0, 0.05) is 38.5 Å². The van der Waals surface area contributed by atoms with Crippen LogP contribution in [0.5, 0.6) is 0 Å². The maximum absolute atomic E-state index is 11.8. The summed E-state index contributed by atoms with van der Waals surface area (Å²) in [6.07, 6.45) is 2.97. The first kappa shape index (κ1) is 13.0. The number of aromatic nitrogens is 2. The molecule has 1 N–H and O–H groups in total. The van der Waals surface area contributed by atoms with Crippen molar-refractivity contribution in [1.82, 2.24) is 15.5 Å². The number of amides is 1. The molecular weight excluding hydrogens is 234 g/mol. The summed E-state index contributed by atoms with van der Waals surface area (Å²) in [6.45, 7) is 3.88. The molecule has 0 aliphatic carbocycles. The molecule has 2 heterocycles. The van der Waals surface area contributed by atoms with E-state index in [0.717, 1.165) is 19.3 Å². The lowest BCUT2D eigenvalue weighted by Crippen LogP contribution is -2.35. The van der Waals surface area contributed by atoms with Crippen molar-refractivity contribution < 1.29 is 14.1 Å². The summed E-state index contributed by atoms with van der Waals surface area (Å²) in [5, 5.41) is 6.71. The van der Waals surface area contributed by atoms with E-state index >= 15 is 0 Å². The third kappa shape index (κ3) is 3.53. The van der Waals surface area contributed by atoms with E-state index in [1.165, 1.54) is 0 Å². The fourth-order valence-electron chi connectivity index (χ4n) is 1.93. The molecule has 1 fully saturated rings. The number of rotatable bonds is 5. The summed E-state index contributed by atoms with van der Waals surface area (Å²) in [5.41, 5.74) is 0. The fraction of sp³-hybridized carbons (Fsp3) is 0.750. The molecule has 0 spiro atoms. The Kier molecular flexibility index (Phi) is 4.69. The zero-order valence-electron chi connectivity index (χ0n) is 10.6. The normalized spacial score (nSPS) is 16.7. The quantitative estimate of drug-likeness (QED) is 0.836. The molecule has 100 valence electrons. The molecule has 0 atom stereocenters. The number of nitrogens with one attached hydrogen (secondary N) is 1. The van der Waals surface area contributed by atoms with Crippen LogP contribution < -0.4 is 5.32 Å². The molecule has 1 amide bonds. The predicted octanol–water partition coefficient (Wildman–Crippen LogP) is 0.717. The van der Waals surface area contributed by atoms with E-state index in [1.54, 1.807) is 0 Å². The second-order valence-electron chi connectivity index (χ2n) is 4.39. The van der Waals surface area contributed by atoms with Crippen molar-refractivity contribution in [3.05, 3.63) is 11.7 Å². The maximum atomic E-state index is 11.8. The molecule has 0 bridgehead atoms. The molecule has 1 saturated heterocycles. The van der Waals surface area contributed by atoms with Crippen molar-refractivity contribution in [3.63, 3.8) is 0 Å². The minimum atomic E-state index is 0.0904. The smallest absolute Gasteiger partial charge is 0.228 e. The number of nitrogens with zero attached hydrogens (tertiary/aromatic N) is 2. The lowest BCUT2D eigenvalue weighted by molar-refractivity contribution is -0.127. The highest BCUT2D eigenvalue weighted by Crippen LogP contribution is 2.14. The van der Waals surface area contributed by atoms with Crippen LogP contribution >= 0.6 is 0 Å². The Labute approximate surface area is 106 Å². The Morgan fingerprint density at radius 2 is 2.22 bits per heavy atom. The molecule has 1 aliphatic rings. The summed E-state index contributed by atoms with van der Waals surface area (Å²) < 4.78 is 10.3. The average Bonchev–Trinajstić information content (AvgIpc) is 2.87. The Bertz CT molecular complexity index is 386. The largest absolute Gasteiger partial charge is 0.381 e. The molecule has 0 radical (unpaired) electrons. The Hall–Kier alpha value is -1.43. The highest BCUT2D eigenvalue weighted by molar-refractivity contribution is 5.78. The van der Waals surface area contributed by atoms with Gasteiger partial charge in [0.2, 0.25) is 11.8 Å². The molecule has 6 heteroatoms. The lowest BCUT2D eigenvalue weighted by atomic mass is 9.99. The second kappa shape index (κ2) is 6.49. The van der Waals surface area contributed by atoms with Gasteiger partial charge in [0.25, 0.3) is 0 Å². The molecular formula is C12H19N3O3. The van der Waals surface area contributed by atoms with Crippen LogP contribution in [0.4, 0.5) is 0 Å². The standard InChI is InChI=1S/C12H19N3O3/c1-2-10-14-11(18-15-10)3-6-13-12(16)9-4-7-17-8-5-9/h9H,2-8H2,1H3,(H,13,16). The van der Waals surface area contributed by atoms with E-state index in [4.69, 9.17) is 9.26 Å². The summed E-state index contributed by atoms with van der Waals surface area (Å²) >= 11 is 0. The van der Waals surface area contributed by atoms with Crippen molar-refractivity contribution in [2.24, 2.45) is 5.92 Å². The van der Waals surface area contributed by atoms with Crippen molar-refractivity contribution in [1.29, 1.82) is 0 Å². The summed E-state index contributed by atoms with van der Waals surface area (Å²) in [4.78, 5) is 16.0. The first-order valence-corrected chi connectivity index (χ1v) is 6.46. The third-order valence-electron chi connectivity index (χ3n) is 3.06. The fourth-order valence-corrected chi connectivity index (χ4v) is 1.93. The van der Waals surface area contributed by atoms with Crippen molar-refractivity contribution in [3.8, 4) is 0 Å². The van der Waals surface area contributed by atoms with Gasteiger partial charge in [0.1, 0.15) is 0 Å². The minimum Gasteiger partial charge on any atom is -0.381 e. The van der Waals surface area contributed by atoms with Crippen molar-refractivity contribution >= 4 is 5.91 Å². The first-order chi connectivity index (χ1) is 8.79. The molecule has 0 unspecified atom stereocenters. The van der Waals surface area contributed by atoms with Crippen LogP contribution in [0.15, 0.2) is 4.52 Å². The molecule has 18 heavy (non-hydrogen) atoms. The zero-order valence-corrected chi connectivity index (χ0v) is 10.6. The monoisotopic (exact) mass is 253 g/mol. The Morgan fingerprint density at radius 1 is 1.44 bits per heavy atom. The first-order valence-electron chi connectivity index (χ1n) is 6.46. The van der Waals surface area contributed by atoms with E-state index in [1.807, 2.05) is 6.92 Å². The SMILES string of the molecule is CCc1noc(CCNC(=O)C2CCOCC2)n1. The summed E-state index contributed by atoms with van der Waals surface area (Å²) in [7, 11) is 0. The number of carbonyl (C=O) groups excluding carboxylic acids is 1. The second-order valence-corrected chi connectivity index (χ2v) is 4.39. The molecule has 1 aromatic rings. The summed E-state index contributed by atoms with van der Waals surface area (Å²) in [6, 6.07) is 0. The zero-order chi connectivity index (χ0) is 12.8.